The number of fused-ring (bicyclic) bond motifs is 4. The molecule has 3 aliphatic rings. The second-order valence-corrected chi connectivity index (χ2v) is 8.31. The number of hydrogen-bond acceptors (Lipinski definition) is 7. The van der Waals surface area contributed by atoms with Crippen molar-refractivity contribution >= 4 is 23.4 Å². The Kier molecular flexibility index (Phi) is 4.72. The molecule has 2 aliphatic heterocycles. The largest absolute Gasteiger partial charge is 0.487 e. The topological polar surface area (TPSA) is 124 Å². The van der Waals surface area contributed by atoms with Crippen molar-refractivity contribution in [1.29, 1.82) is 0 Å². The molecule has 2 aromatic heterocycles. The number of amides is 3. The first kappa shape index (κ1) is 20.3. The minimum Gasteiger partial charge on any atom is -0.487 e. The molecule has 10 heteroatoms. The summed E-state index contributed by atoms with van der Waals surface area (Å²) in [5.41, 5.74) is 2.46. The van der Waals surface area contributed by atoms with E-state index < -0.39 is 0 Å². The van der Waals surface area contributed by atoms with E-state index in [0.717, 1.165) is 16.9 Å². The Bertz CT molecular complexity index is 1310. The maximum atomic E-state index is 12.5. The van der Waals surface area contributed by atoms with E-state index in [2.05, 4.69) is 25.9 Å². The average molecular weight is 459 g/mol. The Balaban J connectivity index is 1.14. The first-order valence-corrected chi connectivity index (χ1v) is 10.9. The van der Waals surface area contributed by atoms with E-state index in [9.17, 15) is 9.59 Å². The number of nitrogens with zero attached hydrogens (tertiary/aromatic N) is 2. The smallest absolute Gasteiger partial charge is 0.319 e. The second-order valence-electron chi connectivity index (χ2n) is 8.31. The molecule has 10 nitrogen and oxygen atoms in total. The van der Waals surface area contributed by atoms with Crippen LogP contribution in [0, 0.1) is 0 Å². The molecular weight excluding hydrogens is 438 g/mol. The average Bonchev–Trinajstić information content (AvgIpc) is 3.35. The van der Waals surface area contributed by atoms with Gasteiger partial charge in [-0.1, -0.05) is 0 Å². The molecule has 0 saturated heterocycles. The van der Waals surface area contributed by atoms with E-state index in [0.29, 0.717) is 41.7 Å². The highest BCUT2D eigenvalue weighted by molar-refractivity contribution is 5.93. The summed E-state index contributed by atoms with van der Waals surface area (Å²) in [7, 11) is 1.52. The van der Waals surface area contributed by atoms with Gasteiger partial charge in [0.05, 0.1) is 19.1 Å². The van der Waals surface area contributed by atoms with Gasteiger partial charge in [-0.2, -0.15) is 0 Å². The van der Waals surface area contributed by atoms with Gasteiger partial charge in [-0.3, -0.25) is 4.79 Å². The third kappa shape index (κ3) is 3.62. The molecule has 3 aromatic rings. The molecule has 1 aromatic carbocycles. The van der Waals surface area contributed by atoms with Crippen molar-refractivity contribution in [3.05, 3.63) is 59.9 Å². The van der Waals surface area contributed by atoms with E-state index >= 15 is 0 Å². The number of aromatic nitrogens is 2. The number of carbonyl (C=O) groups excluding carboxylic acids is 2. The van der Waals surface area contributed by atoms with Crippen LogP contribution in [0.15, 0.2) is 48.8 Å². The summed E-state index contributed by atoms with van der Waals surface area (Å²) in [5.74, 6) is 3.10. The highest BCUT2D eigenvalue weighted by Crippen LogP contribution is 2.54. The molecule has 0 unspecified atom stereocenters. The van der Waals surface area contributed by atoms with Crippen LogP contribution in [0.1, 0.15) is 23.5 Å². The van der Waals surface area contributed by atoms with Crippen LogP contribution in [0.2, 0.25) is 0 Å². The molecule has 4 heterocycles. The zero-order valence-electron chi connectivity index (χ0n) is 18.2. The monoisotopic (exact) mass is 459 g/mol. The highest BCUT2D eigenvalue weighted by atomic mass is 16.5. The number of nitrogens with one attached hydrogen (secondary N) is 3. The Morgan fingerprint density at radius 1 is 1.15 bits per heavy atom. The number of hydrogen-bond donors (Lipinski definition) is 3. The van der Waals surface area contributed by atoms with Crippen LogP contribution in [-0.2, 0) is 11.2 Å². The summed E-state index contributed by atoms with van der Waals surface area (Å²) in [5, 5.41) is 8.55. The van der Waals surface area contributed by atoms with Crippen molar-refractivity contribution in [2.75, 3.05) is 17.7 Å². The second kappa shape index (κ2) is 7.91. The van der Waals surface area contributed by atoms with Crippen molar-refractivity contribution in [1.82, 2.24) is 15.3 Å². The summed E-state index contributed by atoms with van der Waals surface area (Å²) >= 11 is 0. The van der Waals surface area contributed by atoms with E-state index in [1.165, 1.54) is 7.11 Å². The lowest BCUT2D eigenvalue weighted by Gasteiger charge is -2.19. The van der Waals surface area contributed by atoms with Crippen LogP contribution in [0.5, 0.6) is 23.1 Å². The number of pyridine rings is 2. The van der Waals surface area contributed by atoms with Crippen LogP contribution < -0.4 is 30.2 Å². The summed E-state index contributed by atoms with van der Waals surface area (Å²) in [6.07, 6.45) is 4.05. The molecule has 1 aliphatic carbocycles. The van der Waals surface area contributed by atoms with Gasteiger partial charge in [0.25, 0.3) is 0 Å². The number of benzene rings is 1. The lowest BCUT2D eigenvalue weighted by molar-refractivity contribution is -0.116. The maximum Gasteiger partial charge on any atom is 0.319 e. The van der Waals surface area contributed by atoms with Gasteiger partial charge >= 0.3 is 6.03 Å². The fraction of sp³-hybridized carbons (Fsp3) is 0.250. The first-order valence-electron chi connectivity index (χ1n) is 10.9. The molecule has 0 radical (unpaired) electrons. The van der Waals surface area contributed by atoms with E-state index in [1.807, 2.05) is 18.2 Å². The number of urea groups is 1. The lowest BCUT2D eigenvalue weighted by atomic mass is 10.1. The molecule has 1 saturated carbocycles. The van der Waals surface area contributed by atoms with Crippen LogP contribution in [0.25, 0.3) is 0 Å². The molecule has 3 atom stereocenters. The van der Waals surface area contributed by atoms with Gasteiger partial charge in [-0.25, -0.2) is 14.8 Å². The molecule has 34 heavy (non-hydrogen) atoms. The molecule has 0 bridgehead atoms. The summed E-state index contributed by atoms with van der Waals surface area (Å²) in [6, 6.07) is 10.4. The fourth-order valence-corrected chi connectivity index (χ4v) is 4.47. The number of ether oxygens (including phenoxy) is 3. The molecule has 3 amide bonds. The van der Waals surface area contributed by atoms with Crippen molar-refractivity contribution in [3.63, 3.8) is 0 Å². The van der Waals surface area contributed by atoms with Crippen LogP contribution in [0.3, 0.4) is 0 Å². The Hall–Kier alpha value is -4.34. The number of methoxy groups -OCH3 is 1. The molecule has 0 spiro atoms. The van der Waals surface area contributed by atoms with Crippen molar-refractivity contribution in [2.24, 2.45) is 0 Å². The fourth-order valence-electron chi connectivity index (χ4n) is 4.47. The van der Waals surface area contributed by atoms with E-state index in [4.69, 9.17) is 14.2 Å². The molecule has 172 valence electrons. The van der Waals surface area contributed by atoms with Gasteiger partial charge in [-0.05, 0) is 36.8 Å². The predicted molar refractivity (Wildman–Crippen MR) is 122 cm³/mol. The SMILES string of the molecule is COc1cc(NC(=O)N[C@@H]2[C@H]3Oc4ccc(Oc5ccnc6c5CCC(=O)N6)cc4[C@@H]23)ccn1. The number of anilines is 2. The molecular formula is C24H21N5O5. The van der Waals surface area contributed by atoms with Crippen LogP contribution >= 0.6 is 0 Å². The zero-order valence-corrected chi connectivity index (χ0v) is 18.2. The van der Waals surface area contributed by atoms with Crippen LogP contribution in [-0.4, -0.2) is 41.2 Å². The minimum atomic E-state index is -0.323. The molecule has 3 N–H and O–H groups in total. The maximum absolute atomic E-state index is 12.5. The zero-order chi connectivity index (χ0) is 23.2. The quantitative estimate of drug-likeness (QED) is 0.535. The normalized spacial score (nSPS) is 21.2. The summed E-state index contributed by atoms with van der Waals surface area (Å²) < 4.78 is 17.2. The number of carbonyl (C=O) groups is 2. The Morgan fingerprint density at radius 2 is 2.03 bits per heavy atom. The van der Waals surface area contributed by atoms with Crippen molar-refractivity contribution in [2.45, 2.75) is 30.9 Å². The number of rotatable bonds is 5. The lowest BCUT2D eigenvalue weighted by Crippen LogP contribution is -2.34. The first-order chi connectivity index (χ1) is 16.6. The molecule has 1 fully saturated rings. The van der Waals surface area contributed by atoms with Gasteiger partial charge in [-0.15, -0.1) is 0 Å². The summed E-state index contributed by atoms with van der Waals surface area (Å²) in [6.45, 7) is 0. The van der Waals surface area contributed by atoms with E-state index in [-0.39, 0.29) is 30.0 Å². The Morgan fingerprint density at radius 3 is 2.91 bits per heavy atom. The third-order valence-electron chi connectivity index (χ3n) is 6.16. The predicted octanol–water partition coefficient (Wildman–Crippen LogP) is 3.21. The van der Waals surface area contributed by atoms with E-state index in [1.54, 1.807) is 30.6 Å². The standard InChI is InChI=1S/C24H21N5O5/c1-32-19-10-12(6-8-25-19)27-24(31)29-21-20-15-11-13(2-4-16(15)34-22(20)21)33-17-7-9-26-23-14(17)3-5-18(30)28-23/h2,4,6-11,20-22H,3,5H2,1H3,(H,26,28,30)(H2,25,27,29,31)/t20-,21-,22-/m0/s1. The molecule has 6 rings (SSSR count). The van der Waals surface area contributed by atoms with Gasteiger partial charge in [0, 0.05) is 41.7 Å². The Labute approximate surface area is 194 Å². The van der Waals surface area contributed by atoms with Crippen molar-refractivity contribution < 1.29 is 23.8 Å². The van der Waals surface area contributed by atoms with Gasteiger partial charge in [0.1, 0.15) is 29.2 Å². The third-order valence-corrected chi connectivity index (χ3v) is 6.16. The van der Waals surface area contributed by atoms with Gasteiger partial charge < -0.3 is 30.2 Å². The van der Waals surface area contributed by atoms with Crippen LogP contribution in [0.4, 0.5) is 16.3 Å². The van der Waals surface area contributed by atoms with Gasteiger partial charge in [0.15, 0.2) is 0 Å². The minimum absolute atomic E-state index is 0.0442. The summed E-state index contributed by atoms with van der Waals surface area (Å²) in [4.78, 5) is 32.4. The van der Waals surface area contributed by atoms with Crippen molar-refractivity contribution in [3.8, 4) is 23.1 Å². The van der Waals surface area contributed by atoms with Gasteiger partial charge in [0.2, 0.25) is 11.8 Å². The highest BCUT2D eigenvalue weighted by Gasteiger charge is 2.59.